The number of rotatable bonds is 6. The molecular formula is C14H18FN5O. The van der Waals surface area contributed by atoms with Crippen molar-refractivity contribution in [1.82, 2.24) is 15.0 Å². The molecule has 112 valence electrons. The van der Waals surface area contributed by atoms with Crippen LogP contribution >= 0.6 is 0 Å². The van der Waals surface area contributed by atoms with Gasteiger partial charge in [0.2, 0.25) is 11.9 Å². The number of nitrogens with zero attached hydrogens (tertiary/aromatic N) is 3. The van der Waals surface area contributed by atoms with Gasteiger partial charge in [-0.15, -0.1) is 0 Å². The highest BCUT2D eigenvalue weighted by Crippen LogP contribution is 2.21. The third-order valence-corrected chi connectivity index (χ3v) is 2.85. The Morgan fingerprint density at radius 3 is 2.57 bits per heavy atom. The van der Waals surface area contributed by atoms with E-state index in [0.717, 1.165) is 0 Å². The standard InChI is InChI=1S/C14H18FN5O/c1-4-16-12-18-13(20-14(19-12)21-3)17-9(2)10-7-5-6-8-11(10)15/h5-9H,4H2,1-3H3,(H2,16,17,18,19,20). The quantitative estimate of drug-likeness (QED) is 0.852. The maximum atomic E-state index is 13.8. The van der Waals surface area contributed by atoms with Gasteiger partial charge < -0.3 is 15.4 Å². The topological polar surface area (TPSA) is 72.0 Å². The van der Waals surface area contributed by atoms with Crippen LogP contribution in [0.25, 0.3) is 0 Å². The van der Waals surface area contributed by atoms with Gasteiger partial charge in [0.15, 0.2) is 0 Å². The Morgan fingerprint density at radius 1 is 1.19 bits per heavy atom. The van der Waals surface area contributed by atoms with Crippen LogP contribution in [-0.2, 0) is 0 Å². The van der Waals surface area contributed by atoms with Crippen LogP contribution in [0.1, 0.15) is 25.5 Å². The minimum atomic E-state index is -0.284. The number of benzene rings is 1. The van der Waals surface area contributed by atoms with Gasteiger partial charge in [-0.05, 0) is 19.9 Å². The molecule has 0 radical (unpaired) electrons. The fraction of sp³-hybridized carbons (Fsp3) is 0.357. The van der Waals surface area contributed by atoms with Gasteiger partial charge in [0, 0.05) is 12.1 Å². The Bertz CT molecular complexity index is 608. The molecule has 21 heavy (non-hydrogen) atoms. The van der Waals surface area contributed by atoms with Crippen molar-refractivity contribution in [2.24, 2.45) is 0 Å². The first-order valence-electron chi connectivity index (χ1n) is 6.69. The molecule has 1 heterocycles. The third kappa shape index (κ3) is 3.77. The first-order valence-corrected chi connectivity index (χ1v) is 6.69. The molecule has 0 saturated heterocycles. The van der Waals surface area contributed by atoms with Gasteiger partial charge in [-0.3, -0.25) is 0 Å². The SMILES string of the molecule is CCNc1nc(NC(C)c2ccccc2F)nc(OC)n1. The predicted molar refractivity (Wildman–Crippen MR) is 79.0 cm³/mol. The van der Waals surface area contributed by atoms with Gasteiger partial charge in [0.25, 0.3) is 0 Å². The van der Waals surface area contributed by atoms with Gasteiger partial charge in [-0.25, -0.2) is 4.39 Å². The van der Waals surface area contributed by atoms with Crippen LogP contribution in [0.5, 0.6) is 6.01 Å². The Labute approximate surface area is 122 Å². The summed E-state index contributed by atoms with van der Waals surface area (Å²) in [5.74, 6) is 0.464. The predicted octanol–water partition coefficient (Wildman–Crippen LogP) is 2.62. The van der Waals surface area contributed by atoms with E-state index in [-0.39, 0.29) is 17.9 Å². The molecule has 1 aromatic heterocycles. The second-order valence-electron chi connectivity index (χ2n) is 4.39. The summed E-state index contributed by atoms with van der Waals surface area (Å²) in [5, 5.41) is 6.04. The lowest BCUT2D eigenvalue weighted by Gasteiger charge is -2.15. The highest BCUT2D eigenvalue weighted by Gasteiger charge is 2.13. The fourth-order valence-corrected chi connectivity index (χ4v) is 1.85. The van der Waals surface area contributed by atoms with Crippen LogP contribution in [0.4, 0.5) is 16.3 Å². The second-order valence-corrected chi connectivity index (χ2v) is 4.39. The van der Waals surface area contributed by atoms with Crippen LogP contribution in [0.3, 0.4) is 0 Å². The summed E-state index contributed by atoms with van der Waals surface area (Å²) >= 11 is 0. The summed E-state index contributed by atoms with van der Waals surface area (Å²) in [6.07, 6.45) is 0. The van der Waals surface area contributed by atoms with E-state index in [2.05, 4.69) is 25.6 Å². The number of methoxy groups -OCH3 is 1. The van der Waals surface area contributed by atoms with E-state index in [0.29, 0.717) is 24.0 Å². The Hall–Kier alpha value is -2.44. The number of ether oxygens (including phenoxy) is 1. The van der Waals surface area contributed by atoms with Crippen LogP contribution in [0.2, 0.25) is 0 Å². The monoisotopic (exact) mass is 291 g/mol. The summed E-state index contributed by atoms with van der Waals surface area (Å²) in [4.78, 5) is 12.4. The molecule has 6 nitrogen and oxygen atoms in total. The zero-order valence-corrected chi connectivity index (χ0v) is 12.2. The normalized spacial score (nSPS) is 11.8. The van der Waals surface area contributed by atoms with Gasteiger partial charge in [-0.2, -0.15) is 15.0 Å². The van der Waals surface area contributed by atoms with Crippen molar-refractivity contribution < 1.29 is 9.13 Å². The summed E-state index contributed by atoms with van der Waals surface area (Å²) in [5.41, 5.74) is 0.543. The molecule has 1 atom stereocenters. The van der Waals surface area contributed by atoms with Crippen molar-refractivity contribution in [3.05, 3.63) is 35.6 Å². The smallest absolute Gasteiger partial charge is 0.322 e. The molecule has 0 saturated carbocycles. The van der Waals surface area contributed by atoms with E-state index in [4.69, 9.17) is 4.74 Å². The average molecular weight is 291 g/mol. The first-order chi connectivity index (χ1) is 10.1. The van der Waals surface area contributed by atoms with Gasteiger partial charge in [0.1, 0.15) is 5.82 Å². The van der Waals surface area contributed by atoms with Crippen molar-refractivity contribution in [2.45, 2.75) is 19.9 Å². The highest BCUT2D eigenvalue weighted by atomic mass is 19.1. The summed E-state index contributed by atoms with van der Waals surface area (Å²) in [6.45, 7) is 4.45. The summed E-state index contributed by atoms with van der Waals surface area (Å²) < 4.78 is 18.8. The van der Waals surface area contributed by atoms with E-state index in [9.17, 15) is 4.39 Å². The molecule has 2 N–H and O–H groups in total. The Balaban J connectivity index is 2.22. The molecule has 0 bridgehead atoms. The number of nitrogens with one attached hydrogen (secondary N) is 2. The molecule has 0 aliphatic heterocycles. The van der Waals surface area contributed by atoms with Crippen molar-refractivity contribution in [3.8, 4) is 6.01 Å². The Morgan fingerprint density at radius 2 is 1.90 bits per heavy atom. The van der Waals surface area contributed by atoms with Crippen molar-refractivity contribution in [1.29, 1.82) is 0 Å². The lowest BCUT2D eigenvalue weighted by molar-refractivity contribution is 0.379. The average Bonchev–Trinajstić information content (AvgIpc) is 2.47. The zero-order chi connectivity index (χ0) is 15.2. The van der Waals surface area contributed by atoms with E-state index >= 15 is 0 Å². The maximum Gasteiger partial charge on any atom is 0.322 e. The minimum absolute atomic E-state index is 0.198. The lowest BCUT2D eigenvalue weighted by Crippen LogP contribution is -2.13. The molecule has 0 aliphatic rings. The molecule has 0 fully saturated rings. The number of aromatic nitrogens is 3. The third-order valence-electron chi connectivity index (χ3n) is 2.85. The number of anilines is 2. The van der Waals surface area contributed by atoms with Gasteiger partial charge in [-0.1, -0.05) is 18.2 Å². The van der Waals surface area contributed by atoms with Crippen LogP contribution in [-0.4, -0.2) is 28.6 Å². The molecule has 2 rings (SSSR count). The van der Waals surface area contributed by atoms with E-state index in [1.165, 1.54) is 13.2 Å². The maximum absolute atomic E-state index is 13.8. The zero-order valence-electron chi connectivity index (χ0n) is 12.2. The number of hydrogen-bond acceptors (Lipinski definition) is 6. The molecule has 0 aliphatic carbocycles. The molecule has 7 heteroatoms. The lowest BCUT2D eigenvalue weighted by atomic mass is 10.1. The minimum Gasteiger partial charge on any atom is -0.467 e. The molecule has 1 unspecified atom stereocenters. The van der Waals surface area contributed by atoms with Crippen molar-refractivity contribution in [2.75, 3.05) is 24.3 Å². The summed E-state index contributed by atoms with van der Waals surface area (Å²) in [7, 11) is 1.48. The van der Waals surface area contributed by atoms with E-state index < -0.39 is 0 Å². The molecule has 1 aromatic carbocycles. The molecule has 2 aromatic rings. The second kappa shape index (κ2) is 6.83. The number of halogens is 1. The highest BCUT2D eigenvalue weighted by molar-refractivity contribution is 5.38. The van der Waals surface area contributed by atoms with Gasteiger partial charge >= 0.3 is 6.01 Å². The van der Waals surface area contributed by atoms with E-state index in [1.54, 1.807) is 18.2 Å². The van der Waals surface area contributed by atoms with Crippen LogP contribution in [0, 0.1) is 5.82 Å². The van der Waals surface area contributed by atoms with Crippen molar-refractivity contribution >= 4 is 11.9 Å². The van der Waals surface area contributed by atoms with E-state index in [1.807, 2.05) is 13.8 Å². The first kappa shape index (κ1) is 15.0. The van der Waals surface area contributed by atoms with Crippen LogP contribution < -0.4 is 15.4 Å². The molecular weight excluding hydrogens is 273 g/mol. The molecule has 0 spiro atoms. The number of hydrogen-bond donors (Lipinski definition) is 2. The molecule has 0 amide bonds. The van der Waals surface area contributed by atoms with Crippen LogP contribution in [0.15, 0.2) is 24.3 Å². The Kier molecular flexibility index (Phi) is 4.86. The summed E-state index contributed by atoms with van der Waals surface area (Å²) in [6, 6.07) is 6.49. The fourth-order valence-electron chi connectivity index (χ4n) is 1.85. The van der Waals surface area contributed by atoms with Crippen molar-refractivity contribution in [3.63, 3.8) is 0 Å². The largest absolute Gasteiger partial charge is 0.467 e. The van der Waals surface area contributed by atoms with Gasteiger partial charge in [0.05, 0.1) is 13.2 Å².